The fourth-order valence-electron chi connectivity index (χ4n) is 3.93. The molecule has 0 bridgehead atoms. The lowest BCUT2D eigenvalue weighted by Crippen LogP contribution is -2.56. The average Bonchev–Trinajstić information content (AvgIpc) is 2.89. The summed E-state index contributed by atoms with van der Waals surface area (Å²) in [5.41, 5.74) is 22.3. The number of hydrogen-bond acceptors (Lipinski definition) is 9. The summed E-state index contributed by atoms with van der Waals surface area (Å²) in [6.07, 6.45) is 8.24. The molecule has 4 unspecified atom stereocenters. The van der Waals surface area contributed by atoms with E-state index in [1.807, 2.05) is 0 Å². The monoisotopic (exact) mass is 528 g/mol. The van der Waals surface area contributed by atoms with E-state index < -0.39 is 36.0 Å². The van der Waals surface area contributed by atoms with Crippen LogP contribution in [0.4, 0.5) is 0 Å². The summed E-state index contributed by atoms with van der Waals surface area (Å²) in [6, 6.07) is -2.78. The Bertz CT molecular complexity index is 638. The molecule has 0 aromatic rings. The maximum atomic E-state index is 13.3. The quantitative estimate of drug-likeness (QED) is 0.0552. The molecule has 12 heteroatoms. The SMILES string of the molecule is CNC(CCCCN)C(=O)NC(CCCCN)C(=O)NC(CCCCN)C(=O)NC(C=O)CCCCN. The third-order valence-electron chi connectivity index (χ3n) is 6.23. The highest BCUT2D eigenvalue weighted by Gasteiger charge is 2.29. The summed E-state index contributed by atoms with van der Waals surface area (Å²) >= 11 is 0. The van der Waals surface area contributed by atoms with Crippen LogP contribution in [-0.4, -0.2) is 81.4 Å². The van der Waals surface area contributed by atoms with Gasteiger partial charge >= 0.3 is 0 Å². The molecule has 4 atom stereocenters. The summed E-state index contributed by atoms with van der Waals surface area (Å²) in [7, 11) is 1.70. The van der Waals surface area contributed by atoms with Gasteiger partial charge in [0.25, 0.3) is 0 Å². The largest absolute Gasteiger partial charge is 0.345 e. The minimum atomic E-state index is -0.852. The van der Waals surface area contributed by atoms with Crippen molar-refractivity contribution in [3.8, 4) is 0 Å². The second-order valence-corrected chi connectivity index (χ2v) is 9.35. The predicted octanol–water partition coefficient (Wildman–Crippen LogP) is -1.26. The van der Waals surface area contributed by atoms with Crippen molar-refractivity contribution in [2.24, 2.45) is 22.9 Å². The number of rotatable bonds is 24. The van der Waals surface area contributed by atoms with E-state index in [0.29, 0.717) is 90.3 Å². The topological polar surface area (TPSA) is 220 Å². The number of amides is 3. The molecule has 12 nitrogen and oxygen atoms in total. The van der Waals surface area contributed by atoms with E-state index in [0.717, 1.165) is 19.3 Å². The van der Waals surface area contributed by atoms with Crippen molar-refractivity contribution in [2.75, 3.05) is 33.2 Å². The molecule has 0 aliphatic rings. The minimum Gasteiger partial charge on any atom is -0.345 e. The van der Waals surface area contributed by atoms with E-state index in [1.165, 1.54) is 0 Å². The number of unbranched alkanes of at least 4 members (excludes halogenated alkanes) is 4. The van der Waals surface area contributed by atoms with Crippen molar-refractivity contribution in [3.05, 3.63) is 0 Å². The maximum absolute atomic E-state index is 13.3. The molecule has 0 heterocycles. The normalized spacial score (nSPS) is 14.3. The standard InChI is InChI=1S/C25H52N8O4/c1-30-20(11-3-7-15-27)23(35)32-22(13-5-9-17-29)25(37)33-21(12-4-8-16-28)24(36)31-19(18-34)10-2-6-14-26/h18-22,30H,2-17,26-29H2,1H3,(H,31,36)(H,32,35)(H,33,37). The molecule has 3 amide bonds. The van der Waals surface area contributed by atoms with Gasteiger partial charge in [0.05, 0.1) is 12.1 Å². The Morgan fingerprint density at radius 1 is 0.568 bits per heavy atom. The first kappa shape index (κ1) is 34.9. The molecule has 0 spiro atoms. The van der Waals surface area contributed by atoms with Gasteiger partial charge in [-0.05, 0) is 104 Å². The maximum Gasteiger partial charge on any atom is 0.243 e. The lowest BCUT2D eigenvalue weighted by molar-refractivity contribution is -0.133. The lowest BCUT2D eigenvalue weighted by Gasteiger charge is -2.26. The highest BCUT2D eigenvalue weighted by atomic mass is 16.2. The zero-order valence-corrected chi connectivity index (χ0v) is 22.6. The van der Waals surface area contributed by atoms with E-state index in [1.54, 1.807) is 7.05 Å². The molecule has 0 aliphatic heterocycles. The highest BCUT2D eigenvalue weighted by Crippen LogP contribution is 2.08. The van der Waals surface area contributed by atoms with Crippen LogP contribution in [0.15, 0.2) is 0 Å². The van der Waals surface area contributed by atoms with Crippen molar-refractivity contribution >= 4 is 24.0 Å². The zero-order chi connectivity index (χ0) is 27.9. The first-order valence-corrected chi connectivity index (χ1v) is 13.7. The summed E-state index contributed by atoms with van der Waals surface area (Å²) < 4.78 is 0. The third-order valence-corrected chi connectivity index (χ3v) is 6.23. The van der Waals surface area contributed by atoms with E-state index in [-0.39, 0.29) is 5.91 Å². The number of aldehydes is 1. The highest BCUT2D eigenvalue weighted by molar-refractivity contribution is 5.93. The average molecular weight is 529 g/mol. The number of hydrogen-bond donors (Lipinski definition) is 8. The predicted molar refractivity (Wildman–Crippen MR) is 146 cm³/mol. The van der Waals surface area contributed by atoms with Crippen LogP contribution < -0.4 is 44.2 Å². The van der Waals surface area contributed by atoms with E-state index in [9.17, 15) is 19.2 Å². The smallest absolute Gasteiger partial charge is 0.243 e. The van der Waals surface area contributed by atoms with Gasteiger partial charge in [-0.1, -0.05) is 6.42 Å². The Hall–Kier alpha value is -2.12. The molecule has 0 saturated carbocycles. The fraction of sp³-hybridized carbons (Fsp3) is 0.840. The van der Waals surface area contributed by atoms with Gasteiger partial charge in [-0.3, -0.25) is 14.4 Å². The van der Waals surface area contributed by atoms with E-state index in [2.05, 4.69) is 21.3 Å². The van der Waals surface area contributed by atoms with Crippen LogP contribution in [0.3, 0.4) is 0 Å². The van der Waals surface area contributed by atoms with Crippen LogP contribution in [0.1, 0.15) is 77.0 Å². The van der Waals surface area contributed by atoms with Gasteiger partial charge in [0.1, 0.15) is 18.4 Å². The Labute approximate surface area is 222 Å². The molecule has 0 aliphatic carbocycles. The molecule has 12 N–H and O–H groups in total. The third kappa shape index (κ3) is 16.4. The number of carbonyl (C=O) groups excluding carboxylic acids is 4. The molecule has 0 radical (unpaired) electrons. The number of carbonyl (C=O) groups is 4. The Morgan fingerprint density at radius 2 is 0.919 bits per heavy atom. The van der Waals surface area contributed by atoms with Gasteiger partial charge in [-0.25, -0.2) is 0 Å². The second kappa shape index (κ2) is 23.0. The summed E-state index contributed by atoms with van der Waals surface area (Å²) in [6.45, 7) is 2.00. The second-order valence-electron chi connectivity index (χ2n) is 9.35. The Morgan fingerprint density at radius 3 is 1.30 bits per heavy atom. The lowest BCUT2D eigenvalue weighted by atomic mass is 10.0. The van der Waals surface area contributed by atoms with Gasteiger partial charge in [0, 0.05) is 0 Å². The van der Waals surface area contributed by atoms with Crippen molar-refractivity contribution < 1.29 is 19.2 Å². The molecule has 0 saturated heterocycles. The number of nitrogens with two attached hydrogens (primary N) is 4. The molecule has 0 aromatic heterocycles. The zero-order valence-electron chi connectivity index (χ0n) is 22.6. The van der Waals surface area contributed by atoms with Crippen LogP contribution in [0, 0.1) is 0 Å². The van der Waals surface area contributed by atoms with Crippen molar-refractivity contribution in [1.29, 1.82) is 0 Å². The van der Waals surface area contributed by atoms with Crippen LogP contribution in [0.2, 0.25) is 0 Å². The van der Waals surface area contributed by atoms with Gasteiger partial charge in [0.2, 0.25) is 17.7 Å². The molecule has 0 fully saturated rings. The first-order valence-electron chi connectivity index (χ1n) is 13.7. The Kier molecular flexibility index (Phi) is 21.7. The summed E-state index contributed by atoms with van der Waals surface area (Å²) in [5, 5.41) is 11.4. The van der Waals surface area contributed by atoms with E-state index >= 15 is 0 Å². The summed E-state index contributed by atoms with van der Waals surface area (Å²) in [5.74, 6) is -1.16. The van der Waals surface area contributed by atoms with Crippen LogP contribution in [0.25, 0.3) is 0 Å². The van der Waals surface area contributed by atoms with Crippen LogP contribution >= 0.6 is 0 Å². The van der Waals surface area contributed by atoms with Crippen molar-refractivity contribution in [1.82, 2.24) is 21.3 Å². The molecule has 0 rings (SSSR count). The van der Waals surface area contributed by atoms with Crippen molar-refractivity contribution in [3.63, 3.8) is 0 Å². The Balaban J connectivity index is 5.42. The van der Waals surface area contributed by atoms with Crippen LogP contribution in [-0.2, 0) is 19.2 Å². The molecule has 37 heavy (non-hydrogen) atoms. The first-order chi connectivity index (χ1) is 17.9. The van der Waals surface area contributed by atoms with Gasteiger partial charge in [-0.15, -0.1) is 0 Å². The van der Waals surface area contributed by atoms with Gasteiger partial charge in [-0.2, -0.15) is 0 Å². The molecular weight excluding hydrogens is 476 g/mol. The van der Waals surface area contributed by atoms with Crippen molar-refractivity contribution in [2.45, 2.75) is 101 Å². The molecular formula is C25H52N8O4. The summed E-state index contributed by atoms with van der Waals surface area (Å²) in [4.78, 5) is 50.7. The van der Waals surface area contributed by atoms with Gasteiger partial charge < -0.3 is 49.0 Å². The van der Waals surface area contributed by atoms with Crippen LogP contribution in [0.5, 0.6) is 0 Å². The minimum absolute atomic E-state index is 0.280. The van der Waals surface area contributed by atoms with Gasteiger partial charge in [0.15, 0.2) is 0 Å². The molecule has 0 aromatic carbocycles. The number of likely N-dealkylation sites (N-methyl/N-ethyl adjacent to an activating group) is 1. The van der Waals surface area contributed by atoms with E-state index in [4.69, 9.17) is 22.9 Å². The molecule has 216 valence electrons. The fourth-order valence-corrected chi connectivity index (χ4v) is 3.93. The number of nitrogens with one attached hydrogen (secondary N) is 4.